The highest BCUT2D eigenvalue weighted by molar-refractivity contribution is 5.76. The highest BCUT2D eigenvalue weighted by Gasteiger charge is 2.26. The molecule has 1 rings (SSSR count). The van der Waals surface area contributed by atoms with Crippen molar-refractivity contribution in [1.82, 2.24) is 15.1 Å². The van der Waals surface area contributed by atoms with Crippen molar-refractivity contribution in [2.24, 2.45) is 0 Å². The van der Waals surface area contributed by atoms with E-state index < -0.39 is 12.0 Å². The first-order chi connectivity index (χ1) is 8.06. The molecule has 0 bridgehead atoms. The second-order valence-corrected chi connectivity index (χ2v) is 4.28. The predicted octanol–water partition coefficient (Wildman–Crippen LogP) is -0.787. The Labute approximate surface area is 102 Å². The number of rotatable bonds is 5. The molecule has 1 amide bonds. The average molecular weight is 243 g/mol. The molecule has 0 aromatic rings. The fraction of sp³-hybridized carbons (Fsp3) is 0.818. The van der Waals surface area contributed by atoms with Crippen LogP contribution in [0.1, 0.15) is 13.3 Å². The quantitative estimate of drug-likeness (QED) is 0.662. The van der Waals surface area contributed by atoms with Gasteiger partial charge in [-0.15, -0.1) is 0 Å². The molecule has 0 aromatic heterocycles. The summed E-state index contributed by atoms with van der Waals surface area (Å²) in [6.07, 6.45) is 0.505. The Morgan fingerprint density at radius 3 is 2.35 bits per heavy atom. The van der Waals surface area contributed by atoms with Crippen LogP contribution < -0.4 is 5.32 Å². The van der Waals surface area contributed by atoms with Crippen molar-refractivity contribution < 1.29 is 14.7 Å². The Morgan fingerprint density at radius 1 is 1.29 bits per heavy atom. The van der Waals surface area contributed by atoms with Gasteiger partial charge in [0, 0.05) is 39.1 Å². The number of carbonyl (C=O) groups is 2. The third-order valence-electron chi connectivity index (χ3n) is 3.16. The van der Waals surface area contributed by atoms with Crippen molar-refractivity contribution in [2.75, 3.05) is 39.8 Å². The van der Waals surface area contributed by atoms with Gasteiger partial charge in [0.25, 0.3) is 0 Å². The van der Waals surface area contributed by atoms with Crippen molar-refractivity contribution in [3.05, 3.63) is 0 Å². The highest BCUT2D eigenvalue weighted by atomic mass is 16.4. The lowest BCUT2D eigenvalue weighted by Gasteiger charge is -2.36. The molecule has 1 fully saturated rings. The maximum atomic E-state index is 11.7. The molecule has 0 spiro atoms. The monoisotopic (exact) mass is 243 g/mol. The summed E-state index contributed by atoms with van der Waals surface area (Å²) in [6.45, 7) is 4.89. The van der Waals surface area contributed by atoms with Crippen LogP contribution >= 0.6 is 0 Å². The van der Waals surface area contributed by atoms with Crippen molar-refractivity contribution in [3.63, 3.8) is 0 Å². The summed E-state index contributed by atoms with van der Waals surface area (Å²) >= 11 is 0. The normalized spacial score (nSPS) is 19.1. The van der Waals surface area contributed by atoms with Gasteiger partial charge in [0.1, 0.15) is 6.04 Å². The largest absolute Gasteiger partial charge is 0.480 e. The third-order valence-corrected chi connectivity index (χ3v) is 3.16. The number of carboxylic acid groups (broad SMARTS) is 1. The lowest BCUT2D eigenvalue weighted by atomic mass is 10.2. The van der Waals surface area contributed by atoms with Crippen LogP contribution in [0.2, 0.25) is 0 Å². The van der Waals surface area contributed by atoms with Crippen molar-refractivity contribution in [1.29, 1.82) is 0 Å². The summed E-state index contributed by atoms with van der Waals surface area (Å²) in [5.74, 6) is -0.665. The fourth-order valence-corrected chi connectivity index (χ4v) is 1.90. The maximum Gasteiger partial charge on any atom is 0.320 e. The molecule has 1 heterocycles. The molecular weight excluding hydrogens is 222 g/mol. The van der Waals surface area contributed by atoms with Crippen LogP contribution in [0.3, 0.4) is 0 Å². The van der Waals surface area contributed by atoms with Crippen molar-refractivity contribution in [2.45, 2.75) is 19.4 Å². The van der Waals surface area contributed by atoms with Gasteiger partial charge in [0.05, 0.1) is 0 Å². The standard InChI is InChI=1S/C11H21N3O3/c1-9(11(16)17)13-5-7-14(8-6-13)10(15)3-4-12-2/h9,12H,3-8H2,1-2H3,(H,16,17). The Kier molecular flexibility index (Phi) is 5.37. The van der Waals surface area contributed by atoms with Gasteiger partial charge in [0.15, 0.2) is 0 Å². The van der Waals surface area contributed by atoms with Gasteiger partial charge in [0.2, 0.25) is 5.91 Å². The van der Waals surface area contributed by atoms with Gasteiger partial charge in [-0.25, -0.2) is 0 Å². The SMILES string of the molecule is CNCCC(=O)N1CCN(C(C)C(=O)O)CC1. The van der Waals surface area contributed by atoms with E-state index in [9.17, 15) is 9.59 Å². The summed E-state index contributed by atoms with van der Waals surface area (Å²) in [5, 5.41) is 11.8. The molecule has 1 saturated heterocycles. The van der Waals surface area contributed by atoms with E-state index in [2.05, 4.69) is 5.32 Å². The van der Waals surface area contributed by atoms with Gasteiger partial charge in [-0.3, -0.25) is 14.5 Å². The molecule has 1 aliphatic rings. The van der Waals surface area contributed by atoms with Gasteiger partial charge in [-0.2, -0.15) is 0 Å². The van der Waals surface area contributed by atoms with E-state index in [4.69, 9.17) is 5.11 Å². The second kappa shape index (κ2) is 6.56. The summed E-state index contributed by atoms with van der Waals surface area (Å²) in [7, 11) is 1.82. The fourth-order valence-electron chi connectivity index (χ4n) is 1.90. The van der Waals surface area contributed by atoms with Crippen molar-refractivity contribution >= 4 is 11.9 Å². The minimum atomic E-state index is -0.806. The van der Waals surface area contributed by atoms with Gasteiger partial charge in [-0.1, -0.05) is 0 Å². The summed E-state index contributed by atoms with van der Waals surface area (Å²) in [6, 6.07) is -0.468. The zero-order valence-electron chi connectivity index (χ0n) is 10.5. The highest BCUT2D eigenvalue weighted by Crippen LogP contribution is 2.07. The first-order valence-corrected chi connectivity index (χ1v) is 5.95. The van der Waals surface area contributed by atoms with Crippen LogP contribution in [0.15, 0.2) is 0 Å². The number of nitrogens with zero attached hydrogens (tertiary/aromatic N) is 2. The first-order valence-electron chi connectivity index (χ1n) is 5.95. The number of nitrogens with one attached hydrogen (secondary N) is 1. The molecule has 0 aliphatic carbocycles. The van der Waals surface area contributed by atoms with E-state index in [0.29, 0.717) is 39.1 Å². The second-order valence-electron chi connectivity index (χ2n) is 4.28. The number of amides is 1. The predicted molar refractivity (Wildman–Crippen MR) is 63.8 cm³/mol. The van der Waals surface area contributed by atoms with Crippen LogP contribution in [0.4, 0.5) is 0 Å². The molecule has 1 aliphatic heterocycles. The van der Waals surface area contributed by atoms with Gasteiger partial charge < -0.3 is 15.3 Å². The van der Waals surface area contributed by atoms with E-state index in [0.717, 1.165) is 0 Å². The Balaban J connectivity index is 2.35. The van der Waals surface area contributed by atoms with Gasteiger partial charge in [-0.05, 0) is 14.0 Å². The average Bonchev–Trinajstić information content (AvgIpc) is 2.35. The van der Waals surface area contributed by atoms with Crippen LogP contribution in [-0.4, -0.2) is 72.6 Å². The third kappa shape index (κ3) is 3.98. The number of hydrogen-bond donors (Lipinski definition) is 2. The lowest BCUT2D eigenvalue weighted by molar-refractivity contribution is -0.144. The molecule has 6 heteroatoms. The van der Waals surface area contributed by atoms with Crippen molar-refractivity contribution in [3.8, 4) is 0 Å². The van der Waals surface area contributed by atoms with E-state index in [1.807, 2.05) is 16.8 Å². The molecule has 1 atom stereocenters. The van der Waals surface area contributed by atoms with Crippen LogP contribution in [0, 0.1) is 0 Å². The van der Waals surface area contributed by atoms with Gasteiger partial charge >= 0.3 is 5.97 Å². The molecule has 1 unspecified atom stereocenters. The molecule has 0 aromatic carbocycles. The van der Waals surface area contributed by atoms with E-state index in [1.165, 1.54) is 0 Å². The maximum absolute atomic E-state index is 11.7. The van der Waals surface area contributed by atoms with E-state index in [-0.39, 0.29) is 5.91 Å². The molecule has 0 saturated carbocycles. The summed E-state index contributed by atoms with van der Waals surface area (Å²) in [5.41, 5.74) is 0. The number of aliphatic carboxylic acids is 1. The topological polar surface area (TPSA) is 72.9 Å². The molecule has 2 N–H and O–H groups in total. The van der Waals surface area contributed by atoms with Crippen LogP contribution in [0.5, 0.6) is 0 Å². The zero-order chi connectivity index (χ0) is 12.8. The minimum absolute atomic E-state index is 0.141. The number of hydrogen-bond acceptors (Lipinski definition) is 4. The zero-order valence-corrected chi connectivity index (χ0v) is 10.5. The smallest absolute Gasteiger partial charge is 0.320 e. The molecule has 0 radical (unpaired) electrons. The van der Waals surface area contributed by atoms with E-state index >= 15 is 0 Å². The first kappa shape index (κ1) is 13.9. The summed E-state index contributed by atoms with van der Waals surface area (Å²) in [4.78, 5) is 26.2. The molecule has 17 heavy (non-hydrogen) atoms. The summed E-state index contributed by atoms with van der Waals surface area (Å²) < 4.78 is 0. The molecule has 98 valence electrons. The van der Waals surface area contributed by atoms with Crippen LogP contribution in [0.25, 0.3) is 0 Å². The number of carboxylic acids is 1. The Morgan fingerprint density at radius 2 is 1.88 bits per heavy atom. The van der Waals surface area contributed by atoms with E-state index in [1.54, 1.807) is 6.92 Å². The minimum Gasteiger partial charge on any atom is -0.480 e. The van der Waals surface area contributed by atoms with Crippen LogP contribution in [-0.2, 0) is 9.59 Å². The Hall–Kier alpha value is -1.14. The number of carbonyl (C=O) groups excluding carboxylic acids is 1. The molecular formula is C11H21N3O3. The Bertz CT molecular complexity index is 275. The lowest BCUT2D eigenvalue weighted by Crippen LogP contribution is -2.53. The molecule has 6 nitrogen and oxygen atoms in total. The number of piperazine rings is 1.